The lowest BCUT2D eigenvalue weighted by atomic mass is 10.2. The summed E-state index contributed by atoms with van der Waals surface area (Å²) in [7, 11) is 0. The number of nitrogens with two attached hydrogens (primary N) is 1. The van der Waals surface area contributed by atoms with Gasteiger partial charge in [-0.25, -0.2) is 8.78 Å². The van der Waals surface area contributed by atoms with Crippen LogP contribution >= 0.6 is 39.7 Å². The highest BCUT2D eigenvalue weighted by Crippen LogP contribution is 2.26. The summed E-state index contributed by atoms with van der Waals surface area (Å²) in [5.41, 5.74) is 5.83. The number of thiocarbonyl (C=S) groups is 1. The molecule has 0 saturated carbocycles. The van der Waals surface area contributed by atoms with Gasteiger partial charge in [-0.3, -0.25) is 0 Å². The number of hydrogen-bond acceptors (Lipinski definition) is 2. The third-order valence-electron chi connectivity index (χ3n) is 2.73. The average Bonchev–Trinajstić information content (AvgIpc) is 2.43. The van der Waals surface area contributed by atoms with Crippen LogP contribution in [0.1, 0.15) is 11.1 Å². The Bertz CT molecular complexity index is 712. The SMILES string of the molecule is NC(=S)c1ccc(OCc2c(F)ccc(Br)c2F)cc1Cl. The van der Waals surface area contributed by atoms with Gasteiger partial charge in [-0.15, -0.1) is 0 Å². The highest BCUT2D eigenvalue weighted by atomic mass is 79.9. The van der Waals surface area contributed by atoms with Crippen LogP contribution in [0.5, 0.6) is 5.75 Å². The molecule has 0 aliphatic carbocycles. The van der Waals surface area contributed by atoms with Crippen LogP contribution in [0.15, 0.2) is 34.8 Å². The van der Waals surface area contributed by atoms with E-state index in [0.717, 1.165) is 6.07 Å². The summed E-state index contributed by atoms with van der Waals surface area (Å²) in [5, 5.41) is 0.315. The summed E-state index contributed by atoms with van der Waals surface area (Å²) >= 11 is 13.8. The number of hydrogen-bond donors (Lipinski definition) is 1. The Morgan fingerprint density at radius 2 is 2.00 bits per heavy atom. The molecule has 7 heteroatoms. The van der Waals surface area contributed by atoms with E-state index in [9.17, 15) is 8.78 Å². The van der Waals surface area contributed by atoms with Gasteiger partial charge in [-0.05, 0) is 46.3 Å². The lowest BCUT2D eigenvalue weighted by Crippen LogP contribution is -2.10. The average molecular weight is 393 g/mol. The summed E-state index contributed by atoms with van der Waals surface area (Å²) in [4.78, 5) is 0.163. The van der Waals surface area contributed by atoms with Crippen molar-refractivity contribution in [3.05, 3.63) is 62.6 Å². The van der Waals surface area contributed by atoms with E-state index in [2.05, 4.69) is 15.9 Å². The summed E-state index contributed by atoms with van der Waals surface area (Å²) in [6.45, 7) is -0.264. The van der Waals surface area contributed by atoms with Crippen molar-refractivity contribution in [2.45, 2.75) is 6.61 Å². The lowest BCUT2D eigenvalue weighted by molar-refractivity contribution is 0.292. The van der Waals surface area contributed by atoms with Crippen molar-refractivity contribution in [2.24, 2.45) is 5.73 Å². The van der Waals surface area contributed by atoms with Crippen LogP contribution in [-0.2, 0) is 6.61 Å². The van der Waals surface area contributed by atoms with Gasteiger partial charge in [0, 0.05) is 5.56 Å². The fourth-order valence-corrected chi connectivity index (χ4v) is 2.52. The Labute approximate surface area is 139 Å². The van der Waals surface area contributed by atoms with Crippen LogP contribution < -0.4 is 10.5 Å². The smallest absolute Gasteiger partial charge is 0.146 e. The maximum Gasteiger partial charge on any atom is 0.146 e. The maximum atomic E-state index is 13.8. The molecule has 0 atom stereocenters. The fraction of sp³-hybridized carbons (Fsp3) is 0.0714. The van der Waals surface area contributed by atoms with E-state index in [1.807, 2.05) is 0 Å². The molecule has 0 amide bonds. The molecule has 0 unspecified atom stereocenters. The zero-order valence-corrected chi connectivity index (χ0v) is 13.7. The minimum atomic E-state index is -0.694. The first-order valence-corrected chi connectivity index (χ1v) is 7.32. The van der Waals surface area contributed by atoms with Gasteiger partial charge in [-0.1, -0.05) is 23.8 Å². The van der Waals surface area contributed by atoms with Crippen LogP contribution in [0.3, 0.4) is 0 Å². The van der Waals surface area contributed by atoms with Crippen LogP contribution in [0.4, 0.5) is 8.78 Å². The molecule has 0 saturated heterocycles. The van der Waals surface area contributed by atoms with Gasteiger partial charge in [0.25, 0.3) is 0 Å². The van der Waals surface area contributed by atoms with E-state index >= 15 is 0 Å². The van der Waals surface area contributed by atoms with Crippen LogP contribution in [0, 0.1) is 11.6 Å². The van der Waals surface area contributed by atoms with E-state index in [4.69, 9.17) is 34.3 Å². The number of ether oxygens (including phenoxy) is 1. The third-order valence-corrected chi connectivity index (χ3v) is 3.87. The molecule has 0 fully saturated rings. The van der Waals surface area contributed by atoms with Crippen molar-refractivity contribution in [1.82, 2.24) is 0 Å². The van der Waals surface area contributed by atoms with Gasteiger partial charge in [-0.2, -0.15) is 0 Å². The second-order valence-corrected chi connectivity index (χ2v) is 5.82. The Balaban J connectivity index is 2.19. The molecule has 0 aliphatic heterocycles. The van der Waals surface area contributed by atoms with E-state index in [1.54, 1.807) is 12.1 Å². The van der Waals surface area contributed by atoms with Crippen molar-refractivity contribution in [3.8, 4) is 5.75 Å². The molecule has 2 rings (SSSR count). The van der Waals surface area contributed by atoms with Gasteiger partial charge < -0.3 is 10.5 Å². The predicted molar refractivity (Wildman–Crippen MR) is 85.7 cm³/mol. The van der Waals surface area contributed by atoms with Crippen molar-refractivity contribution in [2.75, 3.05) is 0 Å². The molecule has 110 valence electrons. The quantitative estimate of drug-likeness (QED) is 0.610. The number of rotatable bonds is 4. The first-order valence-electron chi connectivity index (χ1n) is 5.74. The van der Waals surface area contributed by atoms with Crippen LogP contribution in [-0.4, -0.2) is 4.99 Å². The van der Waals surface area contributed by atoms with E-state index in [-0.39, 0.29) is 21.6 Å². The Morgan fingerprint density at radius 3 is 2.62 bits per heavy atom. The lowest BCUT2D eigenvalue weighted by Gasteiger charge is -2.10. The van der Waals surface area contributed by atoms with Gasteiger partial charge in [0.2, 0.25) is 0 Å². The molecule has 0 aromatic heterocycles. The summed E-state index contributed by atoms with van der Waals surface area (Å²) in [6, 6.07) is 7.11. The second kappa shape index (κ2) is 6.68. The molecule has 2 aromatic rings. The zero-order valence-electron chi connectivity index (χ0n) is 10.5. The highest BCUT2D eigenvalue weighted by Gasteiger charge is 2.13. The Morgan fingerprint density at radius 1 is 1.29 bits per heavy atom. The first kappa shape index (κ1) is 16.1. The highest BCUT2D eigenvalue weighted by molar-refractivity contribution is 9.10. The van der Waals surface area contributed by atoms with Crippen molar-refractivity contribution < 1.29 is 13.5 Å². The standard InChI is InChI=1S/C14H9BrClF2NOS/c15-10-3-4-12(17)9(13(10)18)6-20-7-1-2-8(14(19)21)11(16)5-7/h1-5H,6H2,(H2,19,21). The normalized spacial score (nSPS) is 10.5. The Kier molecular flexibility index (Phi) is 5.13. The van der Waals surface area contributed by atoms with E-state index in [1.165, 1.54) is 12.1 Å². The monoisotopic (exact) mass is 391 g/mol. The molecule has 0 radical (unpaired) electrons. The van der Waals surface area contributed by atoms with Gasteiger partial charge in [0.05, 0.1) is 15.1 Å². The first-order chi connectivity index (χ1) is 9.90. The number of benzene rings is 2. The fourth-order valence-electron chi connectivity index (χ4n) is 1.64. The summed E-state index contributed by atoms with van der Waals surface area (Å²) < 4.78 is 32.9. The van der Waals surface area contributed by atoms with Crippen molar-refractivity contribution in [3.63, 3.8) is 0 Å². The van der Waals surface area contributed by atoms with Crippen LogP contribution in [0.2, 0.25) is 5.02 Å². The zero-order chi connectivity index (χ0) is 15.6. The van der Waals surface area contributed by atoms with Crippen LogP contribution in [0.25, 0.3) is 0 Å². The third kappa shape index (κ3) is 3.70. The van der Waals surface area contributed by atoms with E-state index in [0.29, 0.717) is 16.3 Å². The largest absolute Gasteiger partial charge is 0.489 e. The second-order valence-electron chi connectivity index (χ2n) is 4.12. The van der Waals surface area contributed by atoms with Crippen molar-refractivity contribution >= 4 is 44.7 Å². The summed E-state index contributed by atoms with van der Waals surface area (Å²) in [5.74, 6) is -1.01. The summed E-state index contributed by atoms with van der Waals surface area (Å²) in [6.07, 6.45) is 0. The van der Waals surface area contributed by atoms with Crippen molar-refractivity contribution in [1.29, 1.82) is 0 Å². The molecular formula is C14H9BrClF2NOS. The topological polar surface area (TPSA) is 35.2 Å². The minimum absolute atomic E-state index is 0.163. The Hall–Kier alpha value is -1.24. The molecule has 0 heterocycles. The molecule has 2 nitrogen and oxygen atoms in total. The molecule has 0 bridgehead atoms. The minimum Gasteiger partial charge on any atom is -0.489 e. The van der Waals surface area contributed by atoms with E-state index < -0.39 is 11.6 Å². The van der Waals surface area contributed by atoms with Gasteiger partial charge in [0.15, 0.2) is 0 Å². The maximum absolute atomic E-state index is 13.8. The van der Waals surface area contributed by atoms with Gasteiger partial charge in [0.1, 0.15) is 29.0 Å². The molecular weight excluding hydrogens is 384 g/mol. The molecule has 0 spiro atoms. The van der Waals surface area contributed by atoms with Gasteiger partial charge >= 0.3 is 0 Å². The number of halogens is 4. The molecule has 0 aliphatic rings. The molecule has 2 aromatic carbocycles. The molecule has 2 N–H and O–H groups in total. The molecule has 21 heavy (non-hydrogen) atoms. The predicted octanol–water partition coefficient (Wildman–Crippen LogP) is 4.59.